The summed E-state index contributed by atoms with van der Waals surface area (Å²) in [5, 5.41) is 6.76. The molecule has 2 atom stereocenters. The zero-order valence-corrected chi connectivity index (χ0v) is 19.7. The molecule has 0 radical (unpaired) electrons. The quantitative estimate of drug-likeness (QED) is 0.699. The van der Waals surface area contributed by atoms with Gasteiger partial charge in [0, 0.05) is 30.7 Å². The van der Waals surface area contributed by atoms with Crippen LogP contribution in [0.2, 0.25) is 0 Å². The Bertz CT molecular complexity index is 903. The Labute approximate surface area is 188 Å². The smallest absolute Gasteiger partial charge is 0.269 e. The monoisotopic (exact) mass is 443 g/mol. The molecule has 1 aliphatic rings. The highest BCUT2D eigenvalue weighted by molar-refractivity contribution is 7.08. The number of anilines is 1. The molecule has 0 aliphatic heterocycles. The molecular weight excluding hydrogens is 410 g/mol. The number of carbonyl (C=O) groups is 2. The van der Waals surface area contributed by atoms with Gasteiger partial charge in [-0.3, -0.25) is 9.59 Å². The molecule has 8 heteroatoms. The SMILES string of the molecule is Cc1nnsc1C(=O)Nc1ccc(CN(C(=O)CC(C)(C)C)C2CCCCC2N)cc1. The number of nitrogens with zero attached hydrogens (tertiary/aromatic N) is 3. The van der Waals surface area contributed by atoms with Crippen LogP contribution in [0.1, 0.15) is 73.8 Å². The Morgan fingerprint density at radius 1 is 1.19 bits per heavy atom. The van der Waals surface area contributed by atoms with Gasteiger partial charge in [-0.25, -0.2) is 0 Å². The van der Waals surface area contributed by atoms with Gasteiger partial charge in [-0.05, 0) is 54.4 Å². The van der Waals surface area contributed by atoms with Crippen molar-refractivity contribution in [3.8, 4) is 0 Å². The Kier molecular flexibility index (Phi) is 7.43. The molecule has 1 saturated carbocycles. The maximum absolute atomic E-state index is 13.2. The summed E-state index contributed by atoms with van der Waals surface area (Å²) in [5.41, 5.74) is 8.69. The number of nitrogens with two attached hydrogens (primary N) is 1. The molecule has 1 aromatic heterocycles. The maximum Gasteiger partial charge on any atom is 0.269 e. The number of rotatable bonds is 6. The van der Waals surface area contributed by atoms with Crippen LogP contribution in [0.3, 0.4) is 0 Å². The van der Waals surface area contributed by atoms with Gasteiger partial charge in [0.1, 0.15) is 4.88 Å². The van der Waals surface area contributed by atoms with E-state index < -0.39 is 0 Å². The van der Waals surface area contributed by atoms with Crippen LogP contribution in [-0.2, 0) is 11.3 Å². The van der Waals surface area contributed by atoms with E-state index in [4.69, 9.17) is 5.73 Å². The van der Waals surface area contributed by atoms with Crippen LogP contribution in [0, 0.1) is 12.3 Å². The Balaban J connectivity index is 1.72. The van der Waals surface area contributed by atoms with E-state index in [2.05, 4.69) is 35.7 Å². The predicted octanol–water partition coefficient (Wildman–Crippen LogP) is 4.13. The average Bonchev–Trinajstić information content (AvgIpc) is 3.13. The highest BCUT2D eigenvalue weighted by Crippen LogP contribution is 2.28. The van der Waals surface area contributed by atoms with E-state index in [1.54, 1.807) is 6.92 Å². The summed E-state index contributed by atoms with van der Waals surface area (Å²) < 4.78 is 3.81. The summed E-state index contributed by atoms with van der Waals surface area (Å²) in [6, 6.07) is 7.74. The van der Waals surface area contributed by atoms with Gasteiger partial charge in [-0.15, -0.1) is 5.10 Å². The van der Waals surface area contributed by atoms with Crippen molar-refractivity contribution in [3.05, 3.63) is 40.4 Å². The van der Waals surface area contributed by atoms with Gasteiger partial charge in [0.15, 0.2) is 0 Å². The molecule has 1 fully saturated rings. The molecular formula is C23H33N5O2S. The molecule has 1 aromatic carbocycles. The second-order valence-corrected chi connectivity index (χ2v) is 10.4. The van der Waals surface area contributed by atoms with Crippen LogP contribution < -0.4 is 11.1 Å². The Morgan fingerprint density at radius 3 is 2.45 bits per heavy atom. The number of hydrogen-bond acceptors (Lipinski definition) is 6. The first-order valence-corrected chi connectivity index (χ1v) is 11.7. The molecule has 3 rings (SSSR count). The zero-order valence-electron chi connectivity index (χ0n) is 18.9. The van der Waals surface area contributed by atoms with Crippen molar-refractivity contribution in [2.45, 2.75) is 78.4 Å². The molecule has 2 aromatic rings. The summed E-state index contributed by atoms with van der Waals surface area (Å²) in [6.07, 6.45) is 4.64. The maximum atomic E-state index is 13.2. The van der Waals surface area contributed by atoms with Gasteiger partial charge in [0.05, 0.1) is 5.69 Å². The standard InChI is InChI=1S/C23H33N5O2S/c1-15-21(31-27-26-15)22(30)25-17-11-9-16(10-12-17)14-28(20(29)13-23(2,3)4)19-8-6-5-7-18(19)24/h9-12,18-19H,5-8,13-14,24H2,1-4H3,(H,25,30). The normalized spacial score (nSPS) is 19.1. The number of benzene rings is 1. The first kappa shape index (κ1) is 23.3. The van der Waals surface area contributed by atoms with Crippen molar-refractivity contribution in [2.75, 3.05) is 5.32 Å². The molecule has 31 heavy (non-hydrogen) atoms. The first-order chi connectivity index (χ1) is 14.6. The summed E-state index contributed by atoms with van der Waals surface area (Å²) in [4.78, 5) is 28.1. The number of amides is 2. The minimum absolute atomic E-state index is 0.0208. The van der Waals surface area contributed by atoms with E-state index in [0.29, 0.717) is 29.2 Å². The lowest BCUT2D eigenvalue weighted by molar-refractivity contribution is -0.137. The third-order valence-electron chi connectivity index (χ3n) is 5.61. The lowest BCUT2D eigenvalue weighted by Crippen LogP contribution is -2.52. The van der Waals surface area contributed by atoms with E-state index in [9.17, 15) is 9.59 Å². The highest BCUT2D eigenvalue weighted by Gasteiger charge is 2.32. The minimum Gasteiger partial charge on any atom is -0.334 e. The minimum atomic E-state index is -0.213. The van der Waals surface area contributed by atoms with Crippen LogP contribution in [0.15, 0.2) is 24.3 Å². The molecule has 3 N–H and O–H groups in total. The van der Waals surface area contributed by atoms with Crippen LogP contribution in [0.25, 0.3) is 0 Å². The molecule has 7 nitrogen and oxygen atoms in total. The number of aryl methyl sites for hydroxylation is 1. The fourth-order valence-corrected chi connectivity index (χ4v) is 4.54. The summed E-state index contributed by atoms with van der Waals surface area (Å²) >= 11 is 1.08. The van der Waals surface area contributed by atoms with Crippen LogP contribution >= 0.6 is 11.5 Å². The van der Waals surface area contributed by atoms with Gasteiger partial charge in [-0.2, -0.15) is 0 Å². The van der Waals surface area contributed by atoms with E-state index in [-0.39, 0.29) is 29.3 Å². The third-order valence-corrected chi connectivity index (χ3v) is 6.43. The van der Waals surface area contributed by atoms with Crippen molar-refractivity contribution < 1.29 is 9.59 Å². The number of hydrogen-bond donors (Lipinski definition) is 2. The highest BCUT2D eigenvalue weighted by atomic mass is 32.1. The summed E-state index contributed by atoms with van der Waals surface area (Å²) in [7, 11) is 0. The van der Waals surface area contributed by atoms with Gasteiger partial charge in [0.2, 0.25) is 5.91 Å². The fraction of sp³-hybridized carbons (Fsp3) is 0.565. The molecule has 2 amide bonds. The predicted molar refractivity (Wildman–Crippen MR) is 124 cm³/mol. The number of nitrogens with one attached hydrogen (secondary N) is 1. The van der Waals surface area contributed by atoms with Crippen LogP contribution in [0.4, 0.5) is 5.69 Å². The second-order valence-electron chi connectivity index (χ2n) is 9.61. The average molecular weight is 444 g/mol. The lowest BCUT2D eigenvalue weighted by atomic mass is 9.87. The van der Waals surface area contributed by atoms with Crippen molar-refractivity contribution in [1.82, 2.24) is 14.5 Å². The largest absolute Gasteiger partial charge is 0.334 e. The molecule has 0 bridgehead atoms. The van der Waals surface area contributed by atoms with E-state index in [0.717, 1.165) is 42.8 Å². The van der Waals surface area contributed by atoms with Crippen LogP contribution in [0.5, 0.6) is 0 Å². The van der Waals surface area contributed by atoms with Crippen molar-refractivity contribution in [3.63, 3.8) is 0 Å². The molecule has 1 aliphatic carbocycles. The zero-order chi connectivity index (χ0) is 22.6. The van der Waals surface area contributed by atoms with Crippen LogP contribution in [-0.4, -0.2) is 38.4 Å². The molecule has 0 spiro atoms. The number of carbonyl (C=O) groups excluding carboxylic acids is 2. The molecule has 168 valence electrons. The fourth-order valence-electron chi connectivity index (χ4n) is 3.99. The van der Waals surface area contributed by atoms with Gasteiger partial charge >= 0.3 is 0 Å². The summed E-state index contributed by atoms with van der Waals surface area (Å²) in [6.45, 7) is 8.55. The van der Waals surface area contributed by atoms with Crippen molar-refractivity contribution >= 4 is 29.0 Å². The van der Waals surface area contributed by atoms with E-state index in [1.807, 2.05) is 29.2 Å². The van der Waals surface area contributed by atoms with E-state index >= 15 is 0 Å². The molecule has 2 unspecified atom stereocenters. The third kappa shape index (κ3) is 6.33. The Morgan fingerprint density at radius 2 is 1.87 bits per heavy atom. The number of aromatic nitrogens is 2. The second kappa shape index (κ2) is 9.87. The van der Waals surface area contributed by atoms with E-state index in [1.165, 1.54) is 0 Å². The lowest BCUT2D eigenvalue weighted by Gasteiger charge is -2.39. The molecule has 0 saturated heterocycles. The van der Waals surface area contributed by atoms with Gasteiger partial charge < -0.3 is 16.0 Å². The topological polar surface area (TPSA) is 101 Å². The summed E-state index contributed by atoms with van der Waals surface area (Å²) in [5.74, 6) is -0.0594. The molecule has 1 heterocycles. The van der Waals surface area contributed by atoms with Crippen molar-refractivity contribution in [2.24, 2.45) is 11.1 Å². The Hall–Kier alpha value is -2.32. The van der Waals surface area contributed by atoms with Gasteiger partial charge in [0.25, 0.3) is 5.91 Å². The first-order valence-electron chi connectivity index (χ1n) is 10.9. The van der Waals surface area contributed by atoms with Crippen molar-refractivity contribution in [1.29, 1.82) is 0 Å². The van der Waals surface area contributed by atoms with Gasteiger partial charge in [-0.1, -0.05) is 50.2 Å².